The molecule has 4 rings (SSSR count). The van der Waals surface area contributed by atoms with Gasteiger partial charge in [-0.25, -0.2) is 4.98 Å². The van der Waals surface area contributed by atoms with Gasteiger partial charge in [-0.15, -0.1) is 0 Å². The van der Waals surface area contributed by atoms with Crippen molar-refractivity contribution in [2.75, 3.05) is 0 Å². The summed E-state index contributed by atoms with van der Waals surface area (Å²) < 4.78 is 1.88. The Hall–Kier alpha value is -3.08. The molecule has 130 valence electrons. The van der Waals surface area contributed by atoms with Gasteiger partial charge in [0, 0.05) is 18.2 Å². The van der Waals surface area contributed by atoms with Gasteiger partial charge in [0.1, 0.15) is 22.9 Å². The normalized spacial score (nSPS) is 13.5. The molecule has 2 aromatic heterocycles. The summed E-state index contributed by atoms with van der Waals surface area (Å²) in [5.41, 5.74) is 2.43. The van der Waals surface area contributed by atoms with Gasteiger partial charge in [-0.2, -0.15) is 0 Å². The van der Waals surface area contributed by atoms with Crippen LogP contribution in [0.15, 0.2) is 48.7 Å². The van der Waals surface area contributed by atoms with Gasteiger partial charge >= 0.3 is 0 Å². The van der Waals surface area contributed by atoms with E-state index in [-0.39, 0.29) is 5.41 Å². The van der Waals surface area contributed by atoms with Crippen molar-refractivity contribution in [1.82, 2.24) is 14.5 Å². The van der Waals surface area contributed by atoms with E-state index in [1.807, 2.05) is 55.7 Å². The van der Waals surface area contributed by atoms with Crippen LogP contribution in [0.2, 0.25) is 0 Å². The minimum absolute atomic E-state index is 0.287. The highest BCUT2D eigenvalue weighted by Gasteiger charge is 2.38. The minimum Gasteiger partial charge on any atom is -0.320 e. The highest BCUT2D eigenvalue weighted by molar-refractivity contribution is 6.52. The van der Waals surface area contributed by atoms with Crippen LogP contribution in [0.5, 0.6) is 0 Å². The number of hydrogen-bond donors (Lipinski definition) is 0. The molecule has 0 fully saturated rings. The third-order valence-electron chi connectivity index (χ3n) is 4.52. The lowest BCUT2D eigenvalue weighted by Crippen LogP contribution is -2.26. The number of fused-ring (bicyclic) bond motifs is 3. The first-order valence-corrected chi connectivity index (χ1v) is 8.57. The van der Waals surface area contributed by atoms with Crippen molar-refractivity contribution in [3.8, 4) is 11.4 Å². The third-order valence-corrected chi connectivity index (χ3v) is 4.52. The maximum Gasteiger partial charge on any atom is 0.252 e. The van der Waals surface area contributed by atoms with E-state index < -0.39 is 11.6 Å². The van der Waals surface area contributed by atoms with Crippen molar-refractivity contribution >= 4 is 11.6 Å². The average molecular weight is 345 g/mol. The molecule has 0 atom stereocenters. The molecule has 2 heterocycles. The number of benzene rings is 1. The standard InChI is InChI=1S/C21H19N3O2/c1-21(2,3)20-23-16-15-14(10-7-11-22-15)18(25)19(26)17(16)24(20)12-13-8-5-4-6-9-13/h4-11H,12H2,1-3H3. The van der Waals surface area contributed by atoms with Crippen LogP contribution in [-0.2, 0) is 12.0 Å². The Balaban J connectivity index is 1.99. The first-order valence-electron chi connectivity index (χ1n) is 8.57. The molecule has 0 unspecified atom stereocenters. The van der Waals surface area contributed by atoms with Gasteiger partial charge in [0.05, 0.1) is 5.56 Å². The molecule has 1 aromatic carbocycles. The number of Topliss-reactive ketones (excluding diaryl/α,β-unsaturated/α-hetero) is 2. The first-order chi connectivity index (χ1) is 12.4. The summed E-state index contributed by atoms with van der Waals surface area (Å²) in [4.78, 5) is 34.6. The van der Waals surface area contributed by atoms with E-state index in [4.69, 9.17) is 4.98 Å². The number of carbonyl (C=O) groups is 2. The van der Waals surface area contributed by atoms with Crippen LogP contribution in [0.4, 0.5) is 0 Å². The number of nitrogens with zero attached hydrogens (tertiary/aromatic N) is 3. The number of carbonyl (C=O) groups excluding carboxylic acids is 2. The van der Waals surface area contributed by atoms with Gasteiger partial charge in [0.2, 0.25) is 5.78 Å². The van der Waals surface area contributed by atoms with E-state index in [2.05, 4.69) is 4.98 Å². The van der Waals surface area contributed by atoms with Crippen LogP contribution in [0.25, 0.3) is 11.4 Å². The molecule has 0 spiro atoms. The molecule has 0 amide bonds. The van der Waals surface area contributed by atoms with Crippen molar-refractivity contribution in [2.24, 2.45) is 0 Å². The number of rotatable bonds is 2. The van der Waals surface area contributed by atoms with E-state index in [9.17, 15) is 9.59 Å². The summed E-state index contributed by atoms with van der Waals surface area (Å²) in [5.74, 6) is -0.263. The molecule has 0 saturated heterocycles. The van der Waals surface area contributed by atoms with E-state index in [0.29, 0.717) is 29.2 Å². The molecule has 0 aliphatic heterocycles. The Morgan fingerprint density at radius 2 is 1.65 bits per heavy atom. The molecule has 0 N–H and O–H groups in total. The van der Waals surface area contributed by atoms with Gasteiger partial charge in [-0.3, -0.25) is 14.6 Å². The molecule has 0 radical (unpaired) electrons. The Morgan fingerprint density at radius 3 is 2.35 bits per heavy atom. The van der Waals surface area contributed by atoms with Crippen LogP contribution in [0.3, 0.4) is 0 Å². The predicted octanol–water partition coefficient (Wildman–Crippen LogP) is 3.67. The summed E-state index contributed by atoms with van der Waals surface area (Å²) in [6.45, 7) is 6.63. The highest BCUT2D eigenvalue weighted by atomic mass is 16.2. The number of imidazole rings is 1. The van der Waals surface area contributed by atoms with Crippen LogP contribution in [-0.4, -0.2) is 26.1 Å². The maximum absolute atomic E-state index is 12.9. The van der Waals surface area contributed by atoms with E-state index >= 15 is 0 Å². The van der Waals surface area contributed by atoms with Crippen LogP contribution >= 0.6 is 0 Å². The van der Waals surface area contributed by atoms with Gasteiger partial charge < -0.3 is 4.57 Å². The van der Waals surface area contributed by atoms with Crippen LogP contribution in [0.1, 0.15) is 53.0 Å². The molecule has 5 nitrogen and oxygen atoms in total. The second-order valence-electron chi connectivity index (χ2n) is 7.51. The summed E-state index contributed by atoms with van der Waals surface area (Å²) in [6, 6.07) is 13.2. The fourth-order valence-corrected chi connectivity index (χ4v) is 3.35. The van der Waals surface area contributed by atoms with Crippen molar-refractivity contribution in [3.05, 3.63) is 71.3 Å². The lowest BCUT2D eigenvalue weighted by Gasteiger charge is -2.21. The topological polar surface area (TPSA) is 64.8 Å². The zero-order valence-corrected chi connectivity index (χ0v) is 15.0. The van der Waals surface area contributed by atoms with Gasteiger partial charge in [0.25, 0.3) is 5.78 Å². The highest BCUT2D eigenvalue weighted by Crippen LogP contribution is 2.35. The second kappa shape index (κ2) is 5.73. The van der Waals surface area contributed by atoms with Crippen molar-refractivity contribution in [2.45, 2.75) is 32.7 Å². The Labute approximate surface area is 151 Å². The zero-order valence-electron chi connectivity index (χ0n) is 15.0. The Bertz CT molecular complexity index is 1030. The fraction of sp³-hybridized carbons (Fsp3) is 0.238. The monoisotopic (exact) mass is 345 g/mol. The van der Waals surface area contributed by atoms with E-state index in [0.717, 1.165) is 11.4 Å². The predicted molar refractivity (Wildman–Crippen MR) is 98.4 cm³/mol. The van der Waals surface area contributed by atoms with Crippen LogP contribution in [0, 0.1) is 0 Å². The Kier molecular flexibility index (Phi) is 3.61. The number of aromatic nitrogens is 3. The summed E-state index contributed by atoms with van der Waals surface area (Å²) in [7, 11) is 0. The third kappa shape index (κ3) is 2.47. The fourth-order valence-electron chi connectivity index (χ4n) is 3.35. The largest absolute Gasteiger partial charge is 0.320 e. The molecule has 0 saturated carbocycles. The van der Waals surface area contributed by atoms with E-state index in [1.165, 1.54) is 0 Å². The Morgan fingerprint density at radius 1 is 0.923 bits per heavy atom. The summed E-state index contributed by atoms with van der Waals surface area (Å²) in [6.07, 6.45) is 1.62. The van der Waals surface area contributed by atoms with Crippen molar-refractivity contribution in [3.63, 3.8) is 0 Å². The molecule has 0 bridgehead atoms. The van der Waals surface area contributed by atoms with Gasteiger partial charge in [-0.1, -0.05) is 51.1 Å². The lowest BCUT2D eigenvalue weighted by molar-refractivity contribution is 0.0809. The number of ketones is 2. The van der Waals surface area contributed by atoms with Gasteiger partial charge in [0.15, 0.2) is 0 Å². The lowest BCUT2D eigenvalue weighted by atomic mass is 9.94. The van der Waals surface area contributed by atoms with Crippen molar-refractivity contribution < 1.29 is 9.59 Å². The van der Waals surface area contributed by atoms with Crippen LogP contribution < -0.4 is 0 Å². The molecule has 1 aliphatic carbocycles. The molecule has 26 heavy (non-hydrogen) atoms. The molecular weight excluding hydrogens is 326 g/mol. The smallest absolute Gasteiger partial charge is 0.252 e. The molecule has 5 heteroatoms. The van der Waals surface area contributed by atoms with Crippen molar-refractivity contribution in [1.29, 1.82) is 0 Å². The molecule has 3 aromatic rings. The minimum atomic E-state index is -0.518. The van der Waals surface area contributed by atoms with Gasteiger partial charge in [-0.05, 0) is 17.7 Å². The van der Waals surface area contributed by atoms with E-state index in [1.54, 1.807) is 18.3 Å². The average Bonchev–Trinajstić information content (AvgIpc) is 3.00. The molecular formula is C21H19N3O2. The quantitative estimate of drug-likeness (QED) is 0.665. The summed E-state index contributed by atoms with van der Waals surface area (Å²) in [5, 5.41) is 0. The maximum atomic E-state index is 12.9. The zero-order chi connectivity index (χ0) is 18.5. The summed E-state index contributed by atoms with van der Waals surface area (Å²) >= 11 is 0. The first kappa shape index (κ1) is 16.4. The SMILES string of the molecule is CC(C)(C)c1nc2c(n1Cc1ccccc1)C(=O)C(=O)c1cccnc1-2. The second-order valence-corrected chi connectivity index (χ2v) is 7.51. The number of hydrogen-bond acceptors (Lipinski definition) is 4. The number of pyridine rings is 1. The molecule has 1 aliphatic rings.